The van der Waals surface area contributed by atoms with E-state index < -0.39 is 5.54 Å². The highest BCUT2D eigenvalue weighted by Crippen LogP contribution is 2.31. The van der Waals surface area contributed by atoms with Crippen LogP contribution in [0.2, 0.25) is 0 Å². The first-order valence-corrected chi connectivity index (χ1v) is 6.67. The number of primary amides is 1. The van der Waals surface area contributed by atoms with Crippen molar-refractivity contribution in [3.8, 4) is 0 Å². The van der Waals surface area contributed by atoms with Crippen molar-refractivity contribution in [2.24, 2.45) is 5.73 Å². The number of rotatable bonds is 4. The number of carbonyl (C=O) groups excluding carboxylic acids is 2. The number of aryl methyl sites for hydroxylation is 1. The van der Waals surface area contributed by atoms with Crippen molar-refractivity contribution in [1.29, 1.82) is 0 Å². The summed E-state index contributed by atoms with van der Waals surface area (Å²) in [7, 11) is 0. The van der Waals surface area contributed by atoms with Crippen LogP contribution in [0.3, 0.4) is 0 Å². The molecular formula is C14H20N2O3. The standard InChI is InChI=1S/C14H20N2O3/c1-10-7-11(9-19-10)13(18)16-14(8-12(15)17)5-3-2-4-6-14/h7,9H,2-6,8H2,1H3,(H2,15,17)(H,16,18). The third-order valence-electron chi connectivity index (χ3n) is 3.69. The molecule has 2 rings (SSSR count). The third-order valence-corrected chi connectivity index (χ3v) is 3.69. The third kappa shape index (κ3) is 3.36. The number of amides is 2. The number of furan rings is 1. The van der Waals surface area contributed by atoms with Gasteiger partial charge in [0.25, 0.3) is 5.91 Å². The molecule has 3 N–H and O–H groups in total. The summed E-state index contributed by atoms with van der Waals surface area (Å²) in [5.41, 5.74) is 5.33. The van der Waals surface area contributed by atoms with Crippen molar-refractivity contribution in [2.45, 2.75) is 51.0 Å². The molecule has 1 fully saturated rings. The first-order valence-electron chi connectivity index (χ1n) is 6.67. The number of hydrogen-bond donors (Lipinski definition) is 2. The molecule has 0 atom stereocenters. The topological polar surface area (TPSA) is 85.3 Å². The van der Waals surface area contributed by atoms with E-state index in [1.54, 1.807) is 13.0 Å². The molecule has 1 heterocycles. The summed E-state index contributed by atoms with van der Waals surface area (Å²) >= 11 is 0. The predicted octanol–water partition coefficient (Wildman–Crippen LogP) is 1.90. The van der Waals surface area contributed by atoms with Gasteiger partial charge in [0.05, 0.1) is 5.56 Å². The van der Waals surface area contributed by atoms with Crippen LogP contribution in [-0.2, 0) is 4.79 Å². The molecule has 1 aliphatic rings. The Morgan fingerprint density at radius 2 is 2.05 bits per heavy atom. The van der Waals surface area contributed by atoms with Gasteiger partial charge in [-0.15, -0.1) is 0 Å². The van der Waals surface area contributed by atoms with Gasteiger partial charge in [-0.1, -0.05) is 19.3 Å². The van der Waals surface area contributed by atoms with E-state index in [2.05, 4.69) is 5.32 Å². The fourth-order valence-electron chi connectivity index (χ4n) is 2.78. The first-order chi connectivity index (χ1) is 9.01. The van der Waals surface area contributed by atoms with Gasteiger partial charge in [-0.3, -0.25) is 9.59 Å². The Morgan fingerprint density at radius 1 is 1.37 bits per heavy atom. The summed E-state index contributed by atoms with van der Waals surface area (Å²) in [6, 6.07) is 1.69. The number of nitrogens with one attached hydrogen (secondary N) is 1. The fraction of sp³-hybridized carbons (Fsp3) is 0.571. The molecule has 0 radical (unpaired) electrons. The van der Waals surface area contributed by atoms with Crippen molar-refractivity contribution in [2.75, 3.05) is 0 Å². The van der Waals surface area contributed by atoms with Gasteiger partial charge in [0.1, 0.15) is 12.0 Å². The van der Waals surface area contributed by atoms with Crippen molar-refractivity contribution in [3.63, 3.8) is 0 Å². The lowest BCUT2D eigenvalue weighted by Gasteiger charge is -2.37. The Bertz CT molecular complexity index is 473. The Kier molecular flexibility index (Phi) is 3.93. The van der Waals surface area contributed by atoms with Crippen molar-refractivity contribution < 1.29 is 14.0 Å². The Morgan fingerprint density at radius 3 is 2.58 bits per heavy atom. The van der Waals surface area contributed by atoms with Gasteiger partial charge >= 0.3 is 0 Å². The molecule has 2 amide bonds. The van der Waals surface area contributed by atoms with Crippen LogP contribution in [0.15, 0.2) is 16.7 Å². The maximum absolute atomic E-state index is 12.2. The molecule has 5 heteroatoms. The van der Waals surface area contributed by atoms with Crippen LogP contribution in [0.25, 0.3) is 0 Å². The molecule has 0 aliphatic heterocycles. The predicted molar refractivity (Wildman–Crippen MR) is 70.5 cm³/mol. The summed E-state index contributed by atoms with van der Waals surface area (Å²) in [6.07, 6.45) is 6.41. The van der Waals surface area contributed by atoms with E-state index in [4.69, 9.17) is 10.2 Å². The van der Waals surface area contributed by atoms with Crippen LogP contribution in [0.4, 0.5) is 0 Å². The molecule has 1 saturated carbocycles. The molecule has 1 aromatic heterocycles. The summed E-state index contributed by atoms with van der Waals surface area (Å²) in [5.74, 6) is 0.128. The maximum atomic E-state index is 12.2. The molecule has 1 aliphatic carbocycles. The van der Waals surface area contributed by atoms with E-state index in [1.165, 1.54) is 6.26 Å². The summed E-state index contributed by atoms with van der Waals surface area (Å²) in [4.78, 5) is 23.4. The van der Waals surface area contributed by atoms with Gasteiger partial charge in [-0.25, -0.2) is 0 Å². The molecule has 5 nitrogen and oxygen atoms in total. The highest BCUT2D eigenvalue weighted by atomic mass is 16.3. The quantitative estimate of drug-likeness (QED) is 0.870. The van der Waals surface area contributed by atoms with Crippen molar-refractivity contribution >= 4 is 11.8 Å². The molecule has 1 aromatic rings. The van der Waals surface area contributed by atoms with Gasteiger partial charge in [0, 0.05) is 12.0 Å². The smallest absolute Gasteiger partial charge is 0.254 e. The maximum Gasteiger partial charge on any atom is 0.254 e. The SMILES string of the molecule is Cc1cc(C(=O)NC2(CC(N)=O)CCCCC2)co1. The highest BCUT2D eigenvalue weighted by Gasteiger charge is 2.35. The average Bonchev–Trinajstić information content (AvgIpc) is 2.76. The fourth-order valence-corrected chi connectivity index (χ4v) is 2.78. The summed E-state index contributed by atoms with van der Waals surface area (Å²) < 4.78 is 5.14. The van der Waals surface area contributed by atoms with Gasteiger partial charge in [0.2, 0.25) is 5.91 Å². The second kappa shape index (κ2) is 5.47. The lowest BCUT2D eigenvalue weighted by Crippen LogP contribution is -2.51. The van der Waals surface area contributed by atoms with E-state index in [9.17, 15) is 9.59 Å². The monoisotopic (exact) mass is 264 g/mol. The summed E-state index contributed by atoms with van der Waals surface area (Å²) in [6.45, 7) is 1.79. The average molecular weight is 264 g/mol. The molecular weight excluding hydrogens is 244 g/mol. The molecule has 0 unspecified atom stereocenters. The minimum Gasteiger partial charge on any atom is -0.469 e. The van der Waals surface area contributed by atoms with Crippen LogP contribution in [-0.4, -0.2) is 17.4 Å². The first kappa shape index (κ1) is 13.6. The van der Waals surface area contributed by atoms with Crippen LogP contribution in [0.1, 0.15) is 54.6 Å². The normalized spacial score (nSPS) is 17.9. The molecule has 0 bridgehead atoms. The molecule has 0 spiro atoms. The zero-order chi connectivity index (χ0) is 13.9. The Labute approximate surface area is 112 Å². The Balaban J connectivity index is 2.11. The lowest BCUT2D eigenvalue weighted by molar-refractivity contribution is -0.119. The highest BCUT2D eigenvalue weighted by molar-refractivity contribution is 5.94. The van der Waals surface area contributed by atoms with Gasteiger partial charge in [-0.2, -0.15) is 0 Å². The second-order valence-corrected chi connectivity index (χ2v) is 5.38. The number of carbonyl (C=O) groups is 2. The molecule has 19 heavy (non-hydrogen) atoms. The zero-order valence-corrected chi connectivity index (χ0v) is 11.2. The van der Waals surface area contributed by atoms with E-state index in [1.807, 2.05) is 0 Å². The minimum absolute atomic E-state index is 0.194. The zero-order valence-electron chi connectivity index (χ0n) is 11.2. The van der Waals surface area contributed by atoms with Crippen LogP contribution < -0.4 is 11.1 Å². The number of hydrogen-bond acceptors (Lipinski definition) is 3. The van der Waals surface area contributed by atoms with Crippen molar-refractivity contribution in [3.05, 3.63) is 23.7 Å². The van der Waals surface area contributed by atoms with E-state index >= 15 is 0 Å². The van der Waals surface area contributed by atoms with Gasteiger partial charge < -0.3 is 15.5 Å². The Hall–Kier alpha value is -1.78. The van der Waals surface area contributed by atoms with Gasteiger partial charge in [0.15, 0.2) is 0 Å². The number of nitrogens with two attached hydrogens (primary N) is 1. The van der Waals surface area contributed by atoms with Gasteiger partial charge in [-0.05, 0) is 25.8 Å². The van der Waals surface area contributed by atoms with Crippen LogP contribution in [0, 0.1) is 6.92 Å². The minimum atomic E-state index is -0.480. The lowest BCUT2D eigenvalue weighted by atomic mass is 9.79. The van der Waals surface area contributed by atoms with Crippen molar-refractivity contribution in [1.82, 2.24) is 5.32 Å². The molecule has 104 valence electrons. The van der Waals surface area contributed by atoms with E-state index in [0.29, 0.717) is 11.3 Å². The largest absolute Gasteiger partial charge is 0.469 e. The summed E-state index contributed by atoms with van der Waals surface area (Å²) in [5, 5.41) is 2.99. The second-order valence-electron chi connectivity index (χ2n) is 5.38. The van der Waals surface area contributed by atoms with E-state index in [-0.39, 0.29) is 18.2 Å². The molecule has 0 aromatic carbocycles. The van der Waals surface area contributed by atoms with E-state index in [0.717, 1.165) is 32.1 Å². The van der Waals surface area contributed by atoms with Crippen LogP contribution >= 0.6 is 0 Å². The molecule has 0 saturated heterocycles. The van der Waals surface area contributed by atoms with Crippen LogP contribution in [0.5, 0.6) is 0 Å².